The summed E-state index contributed by atoms with van der Waals surface area (Å²) < 4.78 is 5.95. The van der Waals surface area contributed by atoms with Gasteiger partial charge in [0, 0.05) is 37.4 Å². The van der Waals surface area contributed by atoms with Crippen LogP contribution in [0.4, 0.5) is 0 Å². The van der Waals surface area contributed by atoms with Gasteiger partial charge in [-0.1, -0.05) is 42.5 Å². The van der Waals surface area contributed by atoms with Gasteiger partial charge in [-0.05, 0) is 37.1 Å². The first-order valence-corrected chi connectivity index (χ1v) is 10.6. The lowest BCUT2D eigenvalue weighted by Gasteiger charge is -2.32. The topological polar surface area (TPSA) is 62.1 Å². The van der Waals surface area contributed by atoms with Gasteiger partial charge in [-0.2, -0.15) is 0 Å². The lowest BCUT2D eigenvalue weighted by Crippen LogP contribution is -2.39. The number of carbonyl (C=O) groups is 1. The molecule has 0 radical (unpaired) electrons. The zero-order chi connectivity index (χ0) is 20.3. The Morgan fingerprint density at radius 2 is 1.90 bits per heavy atom. The molecule has 1 unspecified atom stereocenters. The number of carbonyl (C=O) groups excluding carboxylic acids is 1. The van der Waals surface area contributed by atoms with Crippen LogP contribution in [0.15, 0.2) is 71.1 Å². The minimum absolute atomic E-state index is 0.188. The van der Waals surface area contributed by atoms with Gasteiger partial charge in [0.2, 0.25) is 5.91 Å². The standard InChI is InChI=1S/C25H25N3O2/c29-24(15-13-20-12-14-23(30-20)18-7-2-1-3-8-18)28-16-6-9-19(17-28)25-26-21-10-4-5-11-22(21)27-25/h1-5,7-8,10-12,14,19H,6,9,13,15-17H2,(H,26,27). The first kappa shape index (κ1) is 18.7. The number of H-pyrrole nitrogens is 1. The number of hydrogen-bond acceptors (Lipinski definition) is 3. The van der Waals surface area contributed by atoms with E-state index >= 15 is 0 Å². The Kier molecular flexibility index (Phi) is 5.10. The number of nitrogens with zero attached hydrogens (tertiary/aromatic N) is 2. The summed E-state index contributed by atoms with van der Waals surface area (Å²) in [7, 11) is 0. The number of aromatic amines is 1. The average molecular weight is 399 g/mol. The molecule has 0 spiro atoms. The van der Waals surface area contributed by atoms with Crippen LogP contribution < -0.4 is 0 Å². The molecule has 1 amide bonds. The molecule has 1 fully saturated rings. The van der Waals surface area contributed by atoms with Crippen LogP contribution in [0.1, 0.15) is 36.8 Å². The summed E-state index contributed by atoms with van der Waals surface area (Å²) in [6, 6.07) is 22.1. The van der Waals surface area contributed by atoms with Crippen molar-refractivity contribution in [3.63, 3.8) is 0 Å². The Labute approximate surface area is 175 Å². The van der Waals surface area contributed by atoms with Crippen LogP contribution >= 0.6 is 0 Å². The number of amides is 1. The molecule has 4 aromatic rings. The van der Waals surface area contributed by atoms with E-state index in [9.17, 15) is 4.79 Å². The van der Waals surface area contributed by atoms with Crippen molar-refractivity contribution in [3.8, 4) is 11.3 Å². The van der Waals surface area contributed by atoms with E-state index in [1.54, 1.807) is 0 Å². The average Bonchev–Trinajstić information content (AvgIpc) is 3.45. The van der Waals surface area contributed by atoms with Crippen LogP contribution in [0.25, 0.3) is 22.4 Å². The second-order valence-corrected chi connectivity index (χ2v) is 7.95. The predicted octanol–water partition coefficient (Wildman–Crippen LogP) is 5.16. The largest absolute Gasteiger partial charge is 0.461 e. The summed E-state index contributed by atoms with van der Waals surface area (Å²) in [4.78, 5) is 23.0. The zero-order valence-corrected chi connectivity index (χ0v) is 16.9. The summed E-state index contributed by atoms with van der Waals surface area (Å²) in [6.45, 7) is 1.55. The monoisotopic (exact) mass is 399 g/mol. The van der Waals surface area contributed by atoms with Gasteiger partial charge in [-0.3, -0.25) is 4.79 Å². The van der Waals surface area contributed by atoms with Crippen molar-refractivity contribution < 1.29 is 9.21 Å². The Hall–Kier alpha value is -3.34. The molecular weight excluding hydrogens is 374 g/mol. The number of furan rings is 1. The molecule has 5 heteroatoms. The van der Waals surface area contributed by atoms with Gasteiger partial charge in [0.25, 0.3) is 0 Å². The van der Waals surface area contributed by atoms with Crippen molar-refractivity contribution >= 4 is 16.9 Å². The molecule has 2 aromatic heterocycles. The number of nitrogens with one attached hydrogen (secondary N) is 1. The number of piperidine rings is 1. The van der Waals surface area contributed by atoms with Crippen LogP contribution in [-0.2, 0) is 11.2 Å². The second kappa shape index (κ2) is 8.19. The molecule has 1 N–H and O–H groups in total. The van der Waals surface area contributed by atoms with E-state index in [0.717, 1.165) is 59.9 Å². The minimum atomic E-state index is 0.188. The summed E-state index contributed by atoms with van der Waals surface area (Å²) in [6.07, 6.45) is 3.15. The highest BCUT2D eigenvalue weighted by Gasteiger charge is 2.26. The molecule has 1 aliphatic heterocycles. The van der Waals surface area contributed by atoms with E-state index in [1.165, 1.54) is 0 Å². The van der Waals surface area contributed by atoms with Gasteiger partial charge in [0.15, 0.2) is 0 Å². The normalized spacial score (nSPS) is 16.8. The van der Waals surface area contributed by atoms with Crippen molar-refractivity contribution in [1.29, 1.82) is 0 Å². The lowest BCUT2D eigenvalue weighted by atomic mass is 9.97. The van der Waals surface area contributed by atoms with Gasteiger partial charge in [-0.25, -0.2) is 4.98 Å². The minimum Gasteiger partial charge on any atom is -0.461 e. The van der Waals surface area contributed by atoms with E-state index in [2.05, 4.69) is 4.98 Å². The smallest absolute Gasteiger partial charge is 0.223 e. The number of hydrogen-bond donors (Lipinski definition) is 1. The maximum Gasteiger partial charge on any atom is 0.223 e. The van der Waals surface area contributed by atoms with Crippen LogP contribution in [0.5, 0.6) is 0 Å². The summed E-state index contributed by atoms with van der Waals surface area (Å²) in [5.74, 6) is 3.15. The number of para-hydroxylation sites is 2. The molecule has 0 saturated carbocycles. The molecule has 0 aliphatic carbocycles. The van der Waals surface area contributed by atoms with Crippen LogP contribution in [-0.4, -0.2) is 33.9 Å². The highest BCUT2D eigenvalue weighted by Crippen LogP contribution is 2.28. The first-order valence-electron chi connectivity index (χ1n) is 10.6. The highest BCUT2D eigenvalue weighted by atomic mass is 16.3. The Morgan fingerprint density at radius 1 is 1.07 bits per heavy atom. The fourth-order valence-electron chi connectivity index (χ4n) is 4.25. The third kappa shape index (κ3) is 3.88. The predicted molar refractivity (Wildman–Crippen MR) is 117 cm³/mol. The number of aryl methyl sites for hydroxylation is 1. The third-order valence-electron chi connectivity index (χ3n) is 5.87. The van der Waals surface area contributed by atoms with Crippen molar-refractivity contribution in [3.05, 3.63) is 78.3 Å². The van der Waals surface area contributed by atoms with Crippen LogP contribution in [0.3, 0.4) is 0 Å². The van der Waals surface area contributed by atoms with E-state index < -0.39 is 0 Å². The summed E-state index contributed by atoms with van der Waals surface area (Å²) in [5.41, 5.74) is 3.10. The molecule has 5 rings (SSSR count). The number of likely N-dealkylation sites (tertiary alicyclic amines) is 1. The fourth-order valence-corrected chi connectivity index (χ4v) is 4.25. The molecule has 1 atom stereocenters. The number of rotatable bonds is 5. The summed E-state index contributed by atoms with van der Waals surface area (Å²) >= 11 is 0. The maximum atomic E-state index is 12.9. The van der Waals surface area contributed by atoms with Crippen molar-refractivity contribution in [1.82, 2.24) is 14.9 Å². The SMILES string of the molecule is O=C(CCc1ccc(-c2ccccc2)o1)N1CCCC(c2nc3ccccc3[nH]2)C1. The van der Waals surface area contributed by atoms with E-state index in [4.69, 9.17) is 9.40 Å². The van der Waals surface area contributed by atoms with Gasteiger partial charge in [0.05, 0.1) is 11.0 Å². The molecular formula is C25H25N3O2. The maximum absolute atomic E-state index is 12.9. The van der Waals surface area contributed by atoms with Crippen molar-refractivity contribution in [2.24, 2.45) is 0 Å². The van der Waals surface area contributed by atoms with Gasteiger partial charge in [-0.15, -0.1) is 0 Å². The fraction of sp³-hybridized carbons (Fsp3) is 0.280. The molecule has 5 nitrogen and oxygen atoms in total. The molecule has 152 valence electrons. The van der Waals surface area contributed by atoms with Crippen molar-refractivity contribution in [2.45, 2.75) is 31.6 Å². The Bertz CT molecular complexity index is 1110. The lowest BCUT2D eigenvalue weighted by molar-refractivity contribution is -0.132. The van der Waals surface area contributed by atoms with Gasteiger partial charge in [0.1, 0.15) is 17.3 Å². The van der Waals surface area contributed by atoms with Gasteiger partial charge < -0.3 is 14.3 Å². The van der Waals surface area contributed by atoms with Crippen LogP contribution in [0, 0.1) is 0 Å². The van der Waals surface area contributed by atoms with Gasteiger partial charge >= 0.3 is 0 Å². The zero-order valence-electron chi connectivity index (χ0n) is 16.9. The van der Waals surface area contributed by atoms with E-state index in [0.29, 0.717) is 12.8 Å². The number of imidazole rings is 1. The van der Waals surface area contributed by atoms with E-state index in [-0.39, 0.29) is 11.8 Å². The first-order chi connectivity index (χ1) is 14.8. The number of aromatic nitrogens is 2. The highest BCUT2D eigenvalue weighted by molar-refractivity contribution is 5.77. The molecule has 1 saturated heterocycles. The molecule has 30 heavy (non-hydrogen) atoms. The second-order valence-electron chi connectivity index (χ2n) is 7.95. The van der Waals surface area contributed by atoms with E-state index in [1.807, 2.05) is 71.6 Å². The molecule has 0 bridgehead atoms. The Morgan fingerprint density at radius 3 is 2.77 bits per heavy atom. The number of benzene rings is 2. The summed E-state index contributed by atoms with van der Waals surface area (Å²) in [5, 5.41) is 0. The quantitative estimate of drug-likeness (QED) is 0.504. The number of fused-ring (bicyclic) bond motifs is 1. The molecule has 3 heterocycles. The molecule has 1 aliphatic rings. The van der Waals surface area contributed by atoms with Crippen LogP contribution in [0.2, 0.25) is 0 Å². The Balaban J connectivity index is 1.20. The van der Waals surface area contributed by atoms with Crippen molar-refractivity contribution in [2.75, 3.05) is 13.1 Å². The third-order valence-corrected chi connectivity index (χ3v) is 5.87. The molecule has 2 aromatic carbocycles.